The van der Waals surface area contributed by atoms with Crippen molar-refractivity contribution in [3.8, 4) is 17.2 Å². The van der Waals surface area contributed by atoms with Crippen molar-refractivity contribution < 1.29 is 14.3 Å². The summed E-state index contributed by atoms with van der Waals surface area (Å²) in [6.45, 7) is 5.29. The van der Waals surface area contributed by atoms with E-state index in [0.717, 1.165) is 16.8 Å². The molecule has 3 rings (SSSR count). The molecule has 162 valence electrons. The van der Waals surface area contributed by atoms with Gasteiger partial charge in [-0.25, -0.2) is 4.68 Å². The fourth-order valence-corrected chi connectivity index (χ4v) is 2.97. The first-order valence-corrected chi connectivity index (χ1v) is 10.3. The summed E-state index contributed by atoms with van der Waals surface area (Å²) >= 11 is 0. The molecule has 1 amide bonds. The van der Waals surface area contributed by atoms with E-state index in [2.05, 4.69) is 18.9 Å². The fourth-order valence-electron chi connectivity index (χ4n) is 2.97. The van der Waals surface area contributed by atoms with Crippen LogP contribution in [-0.4, -0.2) is 41.4 Å². The molecule has 0 saturated carbocycles. The van der Waals surface area contributed by atoms with Crippen LogP contribution in [0.4, 0.5) is 0 Å². The lowest BCUT2D eigenvalue weighted by atomic mass is 10.1. The van der Waals surface area contributed by atoms with Gasteiger partial charge in [-0.05, 0) is 41.8 Å². The van der Waals surface area contributed by atoms with E-state index in [1.165, 1.54) is 0 Å². The maximum absolute atomic E-state index is 12.6. The fraction of sp³-hybridized carbons (Fsp3) is 0.280. The smallest absolute Gasteiger partial charge is 0.246 e. The number of likely N-dealkylation sites (N-methyl/N-ethyl adjacent to an activating group) is 1. The summed E-state index contributed by atoms with van der Waals surface area (Å²) in [4.78, 5) is 14.2. The third-order valence-corrected chi connectivity index (χ3v) is 4.63. The van der Waals surface area contributed by atoms with Crippen molar-refractivity contribution in [3.63, 3.8) is 0 Å². The molecule has 0 saturated heterocycles. The molecule has 0 unspecified atom stereocenters. The highest BCUT2D eigenvalue weighted by molar-refractivity contribution is 5.91. The van der Waals surface area contributed by atoms with Crippen LogP contribution in [0.5, 0.6) is 11.5 Å². The van der Waals surface area contributed by atoms with E-state index in [1.807, 2.05) is 54.7 Å². The van der Waals surface area contributed by atoms with E-state index in [4.69, 9.17) is 9.47 Å². The predicted molar refractivity (Wildman–Crippen MR) is 122 cm³/mol. The molecule has 6 nitrogen and oxygen atoms in total. The van der Waals surface area contributed by atoms with Gasteiger partial charge in [0.1, 0.15) is 0 Å². The molecule has 6 heteroatoms. The number of nitrogens with zero attached hydrogens (tertiary/aromatic N) is 3. The number of hydrogen-bond donors (Lipinski definition) is 0. The van der Waals surface area contributed by atoms with Gasteiger partial charge in [-0.2, -0.15) is 5.10 Å². The number of hydrogen-bond acceptors (Lipinski definition) is 4. The van der Waals surface area contributed by atoms with Gasteiger partial charge < -0.3 is 14.4 Å². The Morgan fingerprint density at radius 3 is 2.65 bits per heavy atom. The van der Waals surface area contributed by atoms with Gasteiger partial charge in [-0.3, -0.25) is 4.79 Å². The molecule has 31 heavy (non-hydrogen) atoms. The van der Waals surface area contributed by atoms with Gasteiger partial charge >= 0.3 is 0 Å². The zero-order valence-corrected chi connectivity index (χ0v) is 18.5. The van der Waals surface area contributed by atoms with E-state index in [0.29, 0.717) is 30.6 Å². The Balaban J connectivity index is 1.61. The lowest BCUT2D eigenvalue weighted by molar-refractivity contribution is -0.125. The van der Waals surface area contributed by atoms with Crippen LogP contribution >= 0.6 is 0 Å². The molecule has 1 heterocycles. The van der Waals surface area contributed by atoms with E-state index in [9.17, 15) is 4.79 Å². The lowest BCUT2D eigenvalue weighted by Gasteiger charge is -2.14. The molecule has 3 aromatic rings. The second-order valence-corrected chi connectivity index (χ2v) is 7.77. The third kappa shape index (κ3) is 6.22. The van der Waals surface area contributed by atoms with Crippen molar-refractivity contribution in [2.45, 2.75) is 20.4 Å². The Morgan fingerprint density at radius 1 is 1.16 bits per heavy atom. The molecule has 0 aliphatic rings. The second-order valence-electron chi connectivity index (χ2n) is 7.77. The third-order valence-electron chi connectivity index (χ3n) is 4.63. The zero-order chi connectivity index (χ0) is 22.2. The Kier molecular flexibility index (Phi) is 7.49. The topological polar surface area (TPSA) is 56.6 Å². The highest BCUT2D eigenvalue weighted by atomic mass is 16.5. The molecule has 0 bridgehead atoms. The van der Waals surface area contributed by atoms with Crippen LogP contribution < -0.4 is 9.47 Å². The van der Waals surface area contributed by atoms with Gasteiger partial charge in [-0.15, -0.1) is 0 Å². The summed E-state index contributed by atoms with van der Waals surface area (Å²) in [5, 5.41) is 4.38. The lowest BCUT2D eigenvalue weighted by Crippen LogP contribution is -2.23. The SMILES string of the molecule is COc1cc(/C=C/C(=O)N(C)Cc2cnn(-c3ccccc3)c2)ccc1OCC(C)C. The number of rotatable bonds is 9. The summed E-state index contributed by atoms with van der Waals surface area (Å²) in [7, 11) is 3.38. The number of carbonyl (C=O) groups is 1. The number of ether oxygens (including phenoxy) is 2. The summed E-state index contributed by atoms with van der Waals surface area (Å²) < 4.78 is 13.0. The molecule has 0 spiro atoms. The number of aromatic nitrogens is 2. The van der Waals surface area contributed by atoms with Gasteiger partial charge in [0, 0.05) is 31.4 Å². The Bertz CT molecular complexity index is 1030. The highest BCUT2D eigenvalue weighted by Crippen LogP contribution is 2.29. The van der Waals surface area contributed by atoms with Crippen molar-refractivity contribution in [3.05, 3.63) is 78.1 Å². The average molecular weight is 420 g/mol. The van der Waals surface area contributed by atoms with Crippen molar-refractivity contribution in [2.75, 3.05) is 20.8 Å². The Hall–Kier alpha value is -3.54. The standard InChI is InChI=1S/C25H29N3O3/c1-19(2)18-31-23-12-10-20(14-24(23)30-4)11-13-25(29)27(3)16-21-15-26-28(17-21)22-8-6-5-7-9-22/h5-15,17,19H,16,18H2,1-4H3/b13-11+. The number of carbonyl (C=O) groups excluding carboxylic acids is 1. The van der Waals surface area contributed by atoms with Gasteiger partial charge in [-0.1, -0.05) is 38.1 Å². The maximum atomic E-state index is 12.6. The van der Waals surface area contributed by atoms with E-state index in [1.54, 1.807) is 42.1 Å². The van der Waals surface area contributed by atoms with Crippen molar-refractivity contribution in [1.29, 1.82) is 0 Å². The van der Waals surface area contributed by atoms with Crippen LogP contribution in [0.15, 0.2) is 67.0 Å². The van der Waals surface area contributed by atoms with E-state index < -0.39 is 0 Å². The quantitative estimate of drug-likeness (QED) is 0.476. The number of benzene rings is 2. The first-order valence-electron chi connectivity index (χ1n) is 10.3. The first kappa shape index (κ1) is 22.2. The Morgan fingerprint density at radius 2 is 1.94 bits per heavy atom. The Labute approximate surface area is 183 Å². The van der Waals surface area contributed by atoms with Gasteiger partial charge in [0.25, 0.3) is 0 Å². The number of para-hydroxylation sites is 1. The van der Waals surface area contributed by atoms with Gasteiger partial charge in [0.15, 0.2) is 11.5 Å². The van der Waals surface area contributed by atoms with Crippen LogP contribution in [-0.2, 0) is 11.3 Å². The minimum absolute atomic E-state index is 0.0911. The van der Waals surface area contributed by atoms with Crippen LogP contribution in [0, 0.1) is 5.92 Å². The maximum Gasteiger partial charge on any atom is 0.246 e. The van der Waals surface area contributed by atoms with Crippen molar-refractivity contribution in [1.82, 2.24) is 14.7 Å². The average Bonchev–Trinajstić information content (AvgIpc) is 3.25. The zero-order valence-electron chi connectivity index (χ0n) is 18.5. The second kappa shape index (κ2) is 10.5. The van der Waals surface area contributed by atoms with Crippen molar-refractivity contribution >= 4 is 12.0 Å². The molecule has 0 aliphatic carbocycles. The monoisotopic (exact) mass is 419 g/mol. The van der Waals surface area contributed by atoms with Crippen molar-refractivity contribution in [2.24, 2.45) is 5.92 Å². The van der Waals surface area contributed by atoms with E-state index in [-0.39, 0.29) is 5.91 Å². The molecule has 0 radical (unpaired) electrons. The molecular formula is C25H29N3O3. The molecular weight excluding hydrogens is 390 g/mol. The molecule has 0 atom stereocenters. The van der Waals surface area contributed by atoms with Crippen LogP contribution in [0.25, 0.3) is 11.8 Å². The van der Waals surface area contributed by atoms with Crippen LogP contribution in [0.2, 0.25) is 0 Å². The van der Waals surface area contributed by atoms with Crippen LogP contribution in [0.1, 0.15) is 25.0 Å². The molecule has 1 aromatic heterocycles. The highest BCUT2D eigenvalue weighted by Gasteiger charge is 2.09. The molecule has 2 aromatic carbocycles. The summed E-state index contributed by atoms with van der Waals surface area (Å²) in [6, 6.07) is 15.5. The summed E-state index contributed by atoms with van der Waals surface area (Å²) in [6.07, 6.45) is 7.05. The summed E-state index contributed by atoms with van der Waals surface area (Å²) in [5.41, 5.74) is 2.81. The number of amides is 1. The van der Waals surface area contributed by atoms with Gasteiger partial charge in [0.05, 0.1) is 25.6 Å². The van der Waals surface area contributed by atoms with Crippen LogP contribution in [0.3, 0.4) is 0 Å². The molecule has 0 aliphatic heterocycles. The largest absolute Gasteiger partial charge is 0.493 e. The first-order chi connectivity index (χ1) is 15.0. The normalized spacial score (nSPS) is 11.1. The molecule has 0 fully saturated rings. The molecule has 0 N–H and O–H groups in total. The predicted octanol–water partition coefficient (Wildman–Crippen LogP) is 4.59. The number of methoxy groups -OCH3 is 1. The van der Waals surface area contributed by atoms with Gasteiger partial charge in [0.2, 0.25) is 5.91 Å². The van der Waals surface area contributed by atoms with E-state index >= 15 is 0 Å². The minimum atomic E-state index is -0.0911. The summed E-state index contributed by atoms with van der Waals surface area (Å²) in [5.74, 6) is 1.69. The minimum Gasteiger partial charge on any atom is -0.493 e.